The summed E-state index contributed by atoms with van der Waals surface area (Å²) in [5, 5.41) is 3.81. The van der Waals surface area contributed by atoms with Gasteiger partial charge in [-0.1, -0.05) is 18.0 Å². The summed E-state index contributed by atoms with van der Waals surface area (Å²) in [5.41, 5.74) is 1.79. The van der Waals surface area contributed by atoms with Gasteiger partial charge in [-0.15, -0.1) is 0 Å². The van der Waals surface area contributed by atoms with Gasteiger partial charge in [-0.3, -0.25) is 4.79 Å². The summed E-state index contributed by atoms with van der Waals surface area (Å²) in [6.07, 6.45) is 6.63. The van der Waals surface area contributed by atoms with Crippen molar-refractivity contribution in [3.63, 3.8) is 0 Å². The van der Waals surface area contributed by atoms with Crippen molar-refractivity contribution in [1.82, 2.24) is 0 Å². The third kappa shape index (κ3) is 3.59. The Labute approximate surface area is 121 Å². The predicted octanol–water partition coefficient (Wildman–Crippen LogP) is 4.93. The molecule has 0 saturated heterocycles. The van der Waals surface area contributed by atoms with Crippen LogP contribution >= 0.6 is 27.5 Å². The molecule has 0 unspecified atom stereocenters. The van der Waals surface area contributed by atoms with Crippen LogP contribution in [0.25, 0.3) is 0 Å². The molecule has 0 amide bonds. The molecule has 2 nitrogen and oxygen atoms in total. The molecule has 0 heterocycles. The lowest BCUT2D eigenvalue weighted by molar-refractivity contribution is -0.115. The van der Waals surface area contributed by atoms with E-state index in [1.165, 1.54) is 0 Å². The highest BCUT2D eigenvalue weighted by molar-refractivity contribution is 9.10. The third-order valence-electron chi connectivity index (χ3n) is 3.04. The number of nitrogens with one attached hydrogen (secondary N) is 1. The van der Waals surface area contributed by atoms with Crippen molar-refractivity contribution < 1.29 is 4.79 Å². The van der Waals surface area contributed by atoms with Crippen LogP contribution in [-0.4, -0.2) is 5.78 Å². The van der Waals surface area contributed by atoms with Gasteiger partial charge < -0.3 is 5.32 Å². The molecular formula is C14H15BrClNO. The smallest absolute Gasteiger partial charge is 0.160 e. The average Bonchev–Trinajstić information content (AvgIpc) is 2.56. The summed E-state index contributed by atoms with van der Waals surface area (Å²) >= 11 is 9.36. The number of benzene rings is 1. The number of carbonyl (C=O) groups is 1. The number of Topliss-reactive ketones (excluding diaryl/α,β-unsaturated/α-hetero) is 1. The number of carbonyl (C=O) groups excluding carboxylic acids is 1. The van der Waals surface area contributed by atoms with Crippen LogP contribution in [0, 0.1) is 0 Å². The number of ketones is 1. The molecule has 0 bridgehead atoms. The molecular weight excluding hydrogens is 314 g/mol. The van der Waals surface area contributed by atoms with Gasteiger partial charge in [0.15, 0.2) is 5.78 Å². The Balaban J connectivity index is 2.08. The highest BCUT2D eigenvalue weighted by Crippen LogP contribution is 2.26. The summed E-state index contributed by atoms with van der Waals surface area (Å²) in [7, 11) is 0. The second-order valence-corrected chi connectivity index (χ2v) is 5.69. The number of hydrogen-bond acceptors (Lipinski definition) is 2. The van der Waals surface area contributed by atoms with Crippen LogP contribution in [0.5, 0.6) is 0 Å². The van der Waals surface area contributed by atoms with Crippen molar-refractivity contribution in [1.29, 1.82) is 0 Å². The summed E-state index contributed by atoms with van der Waals surface area (Å²) < 4.78 is 0.868. The van der Waals surface area contributed by atoms with E-state index in [1.807, 2.05) is 24.4 Å². The van der Waals surface area contributed by atoms with Crippen molar-refractivity contribution in [3.8, 4) is 0 Å². The molecule has 0 radical (unpaired) electrons. The van der Waals surface area contributed by atoms with Crippen molar-refractivity contribution in [2.45, 2.75) is 32.1 Å². The summed E-state index contributed by atoms with van der Waals surface area (Å²) in [5.74, 6) is 0.267. The molecule has 1 fully saturated rings. The van der Waals surface area contributed by atoms with E-state index in [4.69, 9.17) is 11.6 Å². The Kier molecular flexibility index (Phi) is 4.84. The van der Waals surface area contributed by atoms with Crippen LogP contribution in [0.2, 0.25) is 5.02 Å². The first-order valence-electron chi connectivity index (χ1n) is 6.10. The van der Waals surface area contributed by atoms with Crippen LogP contribution in [0.1, 0.15) is 32.1 Å². The van der Waals surface area contributed by atoms with Gasteiger partial charge in [0.2, 0.25) is 0 Å². The molecule has 1 aliphatic carbocycles. The Morgan fingerprint density at radius 1 is 1.22 bits per heavy atom. The van der Waals surface area contributed by atoms with E-state index >= 15 is 0 Å². The summed E-state index contributed by atoms with van der Waals surface area (Å²) in [6.45, 7) is 0. The van der Waals surface area contributed by atoms with E-state index < -0.39 is 0 Å². The lowest BCUT2D eigenvalue weighted by Crippen LogP contribution is -2.02. The lowest BCUT2D eigenvalue weighted by Gasteiger charge is -2.06. The Bertz CT molecular complexity index is 485. The molecule has 18 heavy (non-hydrogen) atoms. The van der Waals surface area contributed by atoms with E-state index in [0.717, 1.165) is 41.4 Å². The Hall–Kier alpha value is -0.800. The number of hydrogen-bond donors (Lipinski definition) is 1. The fourth-order valence-electron chi connectivity index (χ4n) is 1.99. The monoisotopic (exact) mass is 327 g/mol. The molecule has 0 atom stereocenters. The van der Waals surface area contributed by atoms with Gasteiger partial charge in [-0.25, -0.2) is 0 Å². The van der Waals surface area contributed by atoms with Gasteiger partial charge in [0.05, 0.1) is 5.02 Å². The van der Waals surface area contributed by atoms with E-state index in [1.54, 1.807) is 0 Å². The zero-order valence-electron chi connectivity index (χ0n) is 10.0. The highest BCUT2D eigenvalue weighted by Gasteiger charge is 2.12. The van der Waals surface area contributed by atoms with Crippen LogP contribution in [0.15, 0.2) is 34.4 Å². The van der Waals surface area contributed by atoms with E-state index in [0.29, 0.717) is 11.4 Å². The molecule has 1 saturated carbocycles. The Morgan fingerprint density at radius 2 is 2.00 bits per heavy atom. The quantitative estimate of drug-likeness (QED) is 0.616. The predicted molar refractivity (Wildman–Crippen MR) is 78.9 cm³/mol. The minimum atomic E-state index is 0.267. The zero-order valence-corrected chi connectivity index (χ0v) is 12.4. The second kappa shape index (κ2) is 6.39. The van der Waals surface area contributed by atoms with Crippen molar-refractivity contribution in [2.75, 3.05) is 5.32 Å². The third-order valence-corrected chi connectivity index (χ3v) is 4.27. The largest absolute Gasteiger partial charge is 0.361 e. The molecule has 1 N–H and O–H groups in total. The van der Waals surface area contributed by atoms with Gasteiger partial charge in [0.1, 0.15) is 0 Å². The van der Waals surface area contributed by atoms with E-state index in [2.05, 4.69) is 21.2 Å². The van der Waals surface area contributed by atoms with E-state index in [-0.39, 0.29) is 5.78 Å². The maximum Gasteiger partial charge on any atom is 0.160 e. The van der Waals surface area contributed by atoms with Crippen LogP contribution in [-0.2, 0) is 4.79 Å². The number of allylic oxidation sites excluding steroid dienone is 1. The molecule has 4 heteroatoms. The van der Waals surface area contributed by atoms with Gasteiger partial charge >= 0.3 is 0 Å². The first-order chi connectivity index (χ1) is 8.66. The minimum absolute atomic E-state index is 0.267. The zero-order chi connectivity index (χ0) is 13.0. The lowest BCUT2D eigenvalue weighted by atomic mass is 10.1. The standard InChI is InChI=1S/C14H15BrClNO/c15-12-7-6-11(8-13(12)16)17-9-10-4-2-1-3-5-14(10)18/h6-9,17H,1-5H2. The first kappa shape index (κ1) is 13.6. The van der Waals surface area contributed by atoms with Gasteiger partial charge in [0.25, 0.3) is 0 Å². The molecule has 1 aliphatic rings. The highest BCUT2D eigenvalue weighted by atomic mass is 79.9. The topological polar surface area (TPSA) is 29.1 Å². The maximum absolute atomic E-state index is 11.8. The normalized spacial score (nSPS) is 18.8. The summed E-state index contributed by atoms with van der Waals surface area (Å²) in [6, 6.07) is 5.65. The van der Waals surface area contributed by atoms with Gasteiger partial charge in [-0.2, -0.15) is 0 Å². The van der Waals surface area contributed by atoms with Crippen LogP contribution in [0.4, 0.5) is 5.69 Å². The van der Waals surface area contributed by atoms with E-state index in [9.17, 15) is 4.79 Å². The SMILES string of the molecule is O=C1CCCCCC1=CNc1ccc(Br)c(Cl)c1. The number of halogens is 2. The fraction of sp³-hybridized carbons (Fsp3) is 0.357. The Morgan fingerprint density at radius 3 is 2.78 bits per heavy atom. The molecule has 2 rings (SSSR count). The minimum Gasteiger partial charge on any atom is -0.361 e. The first-order valence-corrected chi connectivity index (χ1v) is 7.28. The van der Waals surface area contributed by atoms with Gasteiger partial charge in [-0.05, 0) is 53.4 Å². The summed E-state index contributed by atoms with van der Waals surface area (Å²) in [4.78, 5) is 11.8. The van der Waals surface area contributed by atoms with Gasteiger partial charge in [0, 0.05) is 28.4 Å². The van der Waals surface area contributed by atoms with Crippen molar-refractivity contribution >= 4 is 39.0 Å². The number of rotatable bonds is 2. The molecule has 96 valence electrons. The van der Waals surface area contributed by atoms with Crippen LogP contribution in [0.3, 0.4) is 0 Å². The molecule has 1 aromatic carbocycles. The molecule has 0 aromatic heterocycles. The second-order valence-electron chi connectivity index (χ2n) is 4.43. The molecule has 0 spiro atoms. The maximum atomic E-state index is 11.8. The van der Waals surface area contributed by atoms with Crippen molar-refractivity contribution in [2.24, 2.45) is 0 Å². The average molecular weight is 329 g/mol. The van der Waals surface area contributed by atoms with Crippen LogP contribution < -0.4 is 5.32 Å². The van der Waals surface area contributed by atoms with Crippen molar-refractivity contribution in [3.05, 3.63) is 39.5 Å². The molecule has 0 aliphatic heterocycles. The fourth-order valence-corrected chi connectivity index (χ4v) is 2.41. The number of anilines is 1. The molecule has 1 aromatic rings.